The lowest BCUT2D eigenvalue weighted by molar-refractivity contribution is -0.137. The summed E-state index contributed by atoms with van der Waals surface area (Å²) >= 11 is 0. The average molecular weight is 299 g/mol. The third kappa shape index (κ3) is 3.61. The predicted octanol–water partition coefficient (Wildman–Crippen LogP) is 2.82. The molecular formula is C17H21N3O2. The van der Waals surface area contributed by atoms with Crippen LogP contribution in [0.5, 0.6) is 0 Å². The molecule has 0 spiro atoms. The molecule has 2 rings (SSSR count). The van der Waals surface area contributed by atoms with Crippen LogP contribution in [0.1, 0.15) is 27.7 Å². The smallest absolute Gasteiger partial charge is 0.244 e. The number of aromatic nitrogens is 1. The van der Waals surface area contributed by atoms with Gasteiger partial charge in [0, 0.05) is 24.0 Å². The van der Waals surface area contributed by atoms with Crippen LogP contribution < -0.4 is 5.32 Å². The molecule has 2 aromatic rings. The van der Waals surface area contributed by atoms with Crippen LogP contribution in [-0.2, 0) is 9.59 Å². The molecule has 0 saturated carbocycles. The topological polar surface area (TPSA) is 62.3 Å². The van der Waals surface area contributed by atoms with Crippen LogP contribution in [0.25, 0.3) is 10.9 Å². The Labute approximate surface area is 130 Å². The monoisotopic (exact) mass is 299 g/mol. The van der Waals surface area contributed by atoms with Gasteiger partial charge in [0.05, 0.1) is 11.2 Å². The average Bonchev–Trinajstić information content (AvgIpc) is 2.44. The Morgan fingerprint density at radius 1 is 1.18 bits per heavy atom. The molecule has 22 heavy (non-hydrogen) atoms. The number of nitrogens with one attached hydrogen (secondary N) is 1. The van der Waals surface area contributed by atoms with Gasteiger partial charge in [-0.25, -0.2) is 0 Å². The molecule has 1 heterocycles. The lowest BCUT2D eigenvalue weighted by atomic mass is 10.1. The van der Waals surface area contributed by atoms with Crippen LogP contribution in [0.15, 0.2) is 36.5 Å². The zero-order chi connectivity index (χ0) is 16.3. The molecule has 0 radical (unpaired) electrons. The zero-order valence-corrected chi connectivity index (χ0v) is 13.4. The van der Waals surface area contributed by atoms with Crippen LogP contribution in [0.2, 0.25) is 0 Å². The number of carbonyl (C=O) groups excluding carboxylic acids is 2. The van der Waals surface area contributed by atoms with E-state index in [2.05, 4.69) is 10.3 Å². The van der Waals surface area contributed by atoms with Crippen LogP contribution in [0, 0.1) is 0 Å². The van der Waals surface area contributed by atoms with Crippen molar-refractivity contribution in [1.82, 2.24) is 9.88 Å². The molecule has 116 valence electrons. The highest BCUT2D eigenvalue weighted by Gasteiger charge is 2.26. The van der Waals surface area contributed by atoms with E-state index in [9.17, 15) is 9.59 Å². The van der Waals surface area contributed by atoms with Crippen molar-refractivity contribution in [2.45, 2.75) is 33.2 Å². The number of benzene rings is 1. The molecule has 1 aromatic heterocycles. The van der Waals surface area contributed by atoms with Crippen LogP contribution in [0.3, 0.4) is 0 Å². The second-order valence-electron chi connectivity index (χ2n) is 6.20. The Morgan fingerprint density at radius 3 is 2.50 bits per heavy atom. The molecule has 0 atom stereocenters. The minimum atomic E-state index is -0.403. The molecule has 0 aliphatic carbocycles. The van der Waals surface area contributed by atoms with Gasteiger partial charge in [0.2, 0.25) is 11.8 Å². The fourth-order valence-corrected chi connectivity index (χ4v) is 2.36. The Hall–Kier alpha value is -2.43. The molecular weight excluding hydrogens is 278 g/mol. The van der Waals surface area contributed by atoms with E-state index in [1.165, 1.54) is 6.92 Å². The molecule has 5 heteroatoms. The normalized spacial score (nSPS) is 11.3. The summed E-state index contributed by atoms with van der Waals surface area (Å²) in [5.74, 6) is -0.359. The minimum Gasteiger partial charge on any atom is -0.329 e. The van der Waals surface area contributed by atoms with Crippen molar-refractivity contribution in [2.75, 3.05) is 11.9 Å². The number of fused-ring (bicyclic) bond motifs is 1. The van der Waals surface area contributed by atoms with Gasteiger partial charge in [0.15, 0.2) is 0 Å². The molecule has 0 aliphatic rings. The van der Waals surface area contributed by atoms with E-state index in [0.29, 0.717) is 5.69 Å². The number of nitrogens with zero attached hydrogens (tertiary/aromatic N) is 2. The van der Waals surface area contributed by atoms with Gasteiger partial charge in [-0.05, 0) is 32.9 Å². The second-order valence-corrected chi connectivity index (χ2v) is 6.20. The van der Waals surface area contributed by atoms with E-state index in [4.69, 9.17) is 0 Å². The van der Waals surface area contributed by atoms with Crippen molar-refractivity contribution in [3.8, 4) is 0 Å². The Kier molecular flexibility index (Phi) is 4.45. The summed E-state index contributed by atoms with van der Waals surface area (Å²) in [6.07, 6.45) is 1.69. The van der Waals surface area contributed by atoms with Crippen molar-refractivity contribution >= 4 is 28.4 Å². The van der Waals surface area contributed by atoms with Crippen molar-refractivity contribution < 1.29 is 9.59 Å². The highest BCUT2D eigenvalue weighted by atomic mass is 16.2. The van der Waals surface area contributed by atoms with E-state index in [0.717, 1.165) is 10.9 Å². The molecule has 0 saturated heterocycles. The first-order chi connectivity index (χ1) is 10.3. The van der Waals surface area contributed by atoms with Gasteiger partial charge in [-0.2, -0.15) is 0 Å². The highest BCUT2D eigenvalue weighted by molar-refractivity contribution is 6.01. The summed E-state index contributed by atoms with van der Waals surface area (Å²) in [7, 11) is 0. The van der Waals surface area contributed by atoms with E-state index >= 15 is 0 Å². The largest absolute Gasteiger partial charge is 0.329 e. The van der Waals surface area contributed by atoms with Gasteiger partial charge in [-0.15, -0.1) is 0 Å². The first-order valence-electron chi connectivity index (χ1n) is 7.21. The molecule has 2 amide bonds. The molecule has 1 N–H and O–H groups in total. The van der Waals surface area contributed by atoms with Gasteiger partial charge in [0.25, 0.3) is 0 Å². The summed E-state index contributed by atoms with van der Waals surface area (Å²) in [5.41, 5.74) is 0.990. The number of hydrogen-bond donors (Lipinski definition) is 1. The van der Waals surface area contributed by atoms with Crippen molar-refractivity contribution in [3.05, 3.63) is 36.5 Å². The van der Waals surface area contributed by atoms with Gasteiger partial charge >= 0.3 is 0 Å². The SMILES string of the molecule is CC(=O)N(CC(=O)Nc1cccc2cccnc12)C(C)(C)C. The number of para-hydroxylation sites is 1. The first kappa shape index (κ1) is 15.9. The summed E-state index contributed by atoms with van der Waals surface area (Å²) in [5, 5.41) is 3.80. The molecule has 0 bridgehead atoms. The first-order valence-corrected chi connectivity index (χ1v) is 7.21. The van der Waals surface area contributed by atoms with Crippen LogP contribution in [-0.4, -0.2) is 33.8 Å². The fraction of sp³-hybridized carbons (Fsp3) is 0.353. The third-order valence-electron chi connectivity index (χ3n) is 3.40. The molecule has 0 unspecified atom stereocenters. The number of pyridine rings is 1. The van der Waals surface area contributed by atoms with Crippen LogP contribution >= 0.6 is 0 Å². The van der Waals surface area contributed by atoms with Crippen molar-refractivity contribution in [3.63, 3.8) is 0 Å². The minimum absolute atomic E-state index is 0.0159. The van der Waals surface area contributed by atoms with Crippen molar-refractivity contribution in [1.29, 1.82) is 0 Å². The van der Waals surface area contributed by atoms with Gasteiger partial charge in [0.1, 0.15) is 6.54 Å². The Morgan fingerprint density at radius 2 is 1.86 bits per heavy atom. The third-order valence-corrected chi connectivity index (χ3v) is 3.40. The van der Waals surface area contributed by atoms with Crippen LogP contribution in [0.4, 0.5) is 5.69 Å². The molecule has 5 nitrogen and oxygen atoms in total. The summed E-state index contributed by atoms with van der Waals surface area (Å²) < 4.78 is 0. The number of amides is 2. The van der Waals surface area contributed by atoms with Gasteiger partial charge < -0.3 is 10.2 Å². The maximum Gasteiger partial charge on any atom is 0.244 e. The number of rotatable bonds is 3. The highest BCUT2D eigenvalue weighted by Crippen LogP contribution is 2.21. The van der Waals surface area contributed by atoms with E-state index in [1.807, 2.05) is 51.1 Å². The summed E-state index contributed by atoms with van der Waals surface area (Å²) in [4.78, 5) is 29.9. The standard InChI is InChI=1S/C17H21N3O2/c1-12(21)20(17(2,3)4)11-15(22)19-14-9-5-7-13-8-6-10-18-16(13)14/h5-10H,11H2,1-4H3,(H,19,22). The van der Waals surface area contributed by atoms with Crippen molar-refractivity contribution in [2.24, 2.45) is 0 Å². The van der Waals surface area contributed by atoms with E-state index in [1.54, 1.807) is 11.1 Å². The Balaban J connectivity index is 2.19. The number of hydrogen-bond acceptors (Lipinski definition) is 3. The lowest BCUT2D eigenvalue weighted by Gasteiger charge is -2.34. The Bertz CT molecular complexity index is 699. The van der Waals surface area contributed by atoms with Gasteiger partial charge in [-0.1, -0.05) is 18.2 Å². The van der Waals surface area contributed by atoms with E-state index < -0.39 is 5.54 Å². The summed E-state index contributed by atoms with van der Waals surface area (Å²) in [6.45, 7) is 7.20. The molecule has 0 fully saturated rings. The number of anilines is 1. The lowest BCUT2D eigenvalue weighted by Crippen LogP contribution is -2.48. The fourth-order valence-electron chi connectivity index (χ4n) is 2.36. The maximum atomic E-state index is 12.3. The van der Waals surface area contributed by atoms with E-state index in [-0.39, 0.29) is 18.4 Å². The molecule has 1 aromatic carbocycles. The summed E-state index contributed by atoms with van der Waals surface area (Å²) in [6, 6.07) is 9.41. The number of carbonyl (C=O) groups is 2. The van der Waals surface area contributed by atoms with Gasteiger partial charge in [-0.3, -0.25) is 14.6 Å². The zero-order valence-electron chi connectivity index (χ0n) is 13.4. The quantitative estimate of drug-likeness (QED) is 0.948. The maximum absolute atomic E-state index is 12.3. The second kappa shape index (κ2) is 6.13. The predicted molar refractivity (Wildman–Crippen MR) is 87.5 cm³/mol. The molecule has 0 aliphatic heterocycles.